The summed E-state index contributed by atoms with van der Waals surface area (Å²) in [5, 5.41) is 0. The van der Waals surface area contributed by atoms with Gasteiger partial charge in [-0.05, 0) is 30.3 Å². The Labute approximate surface area is 107 Å². The van der Waals surface area contributed by atoms with Gasteiger partial charge in [-0.1, -0.05) is 17.8 Å². The minimum absolute atomic E-state index is 0.00589. The molecular formula is C13H10F3NS. The van der Waals surface area contributed by atoms with Gasteiger partial charge in [-0.25, -0.2) is 13.2 Å². The summed E-state index contributed by atoms with van der Waals surface area (Å²) in [5.41, 5.74) is 5.75. The highest BCUT2D eigenvalue weighted by molar-refractivity contribution is 7.99. The molecule has 2 rings (SSSR count). The first-order valence-electron chi connectivity index (χ1n) is 5.22. The smallest absolute Gasteiger partial charge is 0.137 e. The third-order valence-electron chi connectivity index (χ3n) is 2.39. The maximum atomic E-state index is 13.5. The number of halogens is 3. The van der Waals surface area contributed by atoms with Crippen LogP contribution in [0.5, 0.6) is 0 Å². The number of hydrogen-bond donors (Lipinski definition) is 1. The van der Waals surface area contributed by atoms with Gasteiger partial charge in [0.05, 0.1) is 4.90 Å². The van der Waals surface area contributed by atoms with E-state index >= 15 is 0 Å². The summed E-state index contributed by atoms with van der Waals surface area (Å²) >= 11 is 0.959. The van der Waals surface area contributed by atoms with Crippen LogP contribution in [0.3, 0.4) is 0 Å². The van der Waals surface area contributed by atoms with Crippen LogP contribution in [-0.2, 0) is 6.54 Å². The Morgan fingerprint density at radius 3 is 2.44 bits per heavy atom. The lowest BCUT2D eigenvalue weighted by molar-refractivity contribution is 0.577. The zero-order valence-electron chi connectivity index (χ0n) is 9.29. The number of hydrogen-bond acceptors (Lipinski definition) is 2. The van der Waals surface area contributed by atoms with Gasteiger partial charge < -0.3 is 5.73 Å². The van der Waals surface area contributed by atoms with E-state index in [9.17, 15) is 13.2 Å². The molecule has 0 atom stereocenters. The summed E-state index contributed by atoms with van der Waals surface area (Å²) in [4.78, 5) is 0.595. The first-order valence-corrected chi connectivity index (χ1v) is 6.04. The lowest BCUT2D eigenvalue weighted by Crippen LogP contribution is -2.01. The molecule has 94 valence electrons. The second-order valence-electron chi connectivity index (χ2n) is 3.60. The molecule has 18 heavy (non-hydrogen) atoms. The second-order valence-corrected chi connectivity index (χ2v) is 4.68. The fourth-order valence-electron chi connectivity index (χ4n) is 1.51. The predicted octanol–water partition coefficient (Wildman–Crippen LogP) is 3.71. The fraction of sp³-hybridized carbons (Fsp3) is 0.0769. The second kappa shape index (κ2) is 5.46. The normalized spacial score (nSPS) is 10.7. The van der Waals surface area contributed by atoms with E-state index in [-0.39, 0.29) is 11.4 Å². The molecule has 0 saturated carbocycles. The third kappa shape index (κ3) is 2.68. The number of nitrogens with two attached hydrogens (primary N) is 1. The average Bonchev–Trinajstić information content (AvgIpc) is 2.34. The molecule has 2 aromatic carbocycles. The summed E-state index contributed by atoms with van der Waals surface area (Å²) in [5.74, 6) is -1.53. The lowest BCUT2D eigenvalue weighted by atomic mass is 10.2. The molecule has 0 aliphatic carbocycles. The van der Waals surface area contributed by atoms with Gasteiger partial charge in [-0.2, -0.15) is 0 Å². The van der Waals surface area contributed by atoms with E-state index in [1.54, 1.807) is 6.07 Å². The maximum absolute atomic E-state index is 13.5. The van der Waals surface area contributed by atoms with E-state index in [2.05, 4.69) is 0 Å². The van der Waals surface area contributed by atoms with E-state index in [0.29, 0.717) is 10.5 Å². The van der Waals surface area contributed by atoms with Crippen LogP contribution in [0.15, 0.2) is 46.2 Å². The van der Waals surface area contributed by atoms with Crippen molar-refractivity contribution in [1.82, 2.24) is 0 Å². The molecule has 0 aliphatic heterocycles. The molecule has 0 bridgehead atoms. The van der Waals surface area contributed by atoms with Gasteiger partial charge in [0.1, 0.15) is 17.5 Å². The Bertz CT molecular complexity index is 572. The van der Waals surface area contributed by atoms with Crippen molar-refractivity contribution in [2.24, 2.45) is 5.73 Å². The van der Waals surface area contributed by atoms with Gasteiger partial charge in [0.2, 0.25) is 0 Å². The molecule has 0 radical (unpaired) electrons. The van der Waals surface area contributed by atoms with Gasteiger partial charge in [0.25, 0.3) is 0 Å². The highest BCUT2D eigenvalue weighted by atomic mass is 32.2. The van der Waals surface area contributed by atoms with Gasteiger partial charge >= 0.3 is 0 Å². The van der Waals surface area contributed by atoms with Gasteiger partial charge in [0, 0.05) is 17.0 Å². The van der Waals surface area contributed by atoms with Crippen LogP contribution >= 0.6 is 11.8 Å². The van der Waals surface area contributed by atoms with Crippen molar-refractivity contribution in [1.29, 1.82) is 0 Å². The summed E-state index contributed by atoms with van der Waals surface area (Å²) < 4.78 is 40.0. The zero-order chi connectivity index (χ0) is 13.1. The van der Waals surface area contributed by atoms with Crippen molar-refractivity contribution in [2.45, 2.75) is 16.3 Å². The molecule has 5 heteroatoms. The van der Waals surface area contributed by atoms with Crippen LogP contribution in [-0.4, -0.2) is 0 Å². The van der Waals surface area contributed by atoms with E-state index in [1.807, 2.05) is 0 Å². The number of rotatable bonds is 3. The molecule has 0 fully saturated rings. The van der Waals surface area contributed by atoms with Crippen LogP contribution < -0.4 is 5.73 Å². The highest BCUT2D eigenvalue weighted by Crippen LogP contribution is 2.33. The molecule has 0 amide bonds. The minimum Gasteiger partial charge on any atom is -0.326 e. The molecule has 0 aromatic heterocycles. The van der Waals surface area contributed by atoms with Crippen molar-refractivity contribution in [3.05, 3.63) is 59.4 Å². The largest absolute Gasteiger partial charge is 0.326 e. The first kappa shape index (κ1) is 13.0. The van der Waals surface area contributed by atoms with Crippen molar-refractivity contribution >= 4 is 11.8 Å². The molecule has 2 aromatic rings. The lowest BCUT2D eigenvalue weighted by Gasteiger charge is -2.09. The fourth-order valence-corrected chi connectivity index (χ4v) is 2.53. The van der Waals surface area contributed by atoms with Crippen LogP contribution in [0.4, 0.5) is 13.2 Å². The van der Waals surface area contributed by atoms with E-state index in [4.69, 9.17) is 5.73 Å². The molecule has 0 spiro atoms. The Kier molecular flexibility index (Phi) is 3.93. The van der Waals surface area contributed by atoms with E-state index < -0.39 is 17.5 Å². The van der Waals surface area contributed by atoms with Crippen LogP contribution in [0, 0.1) is 17.5 Å². The number of benzene rings is 2. The quantitative estimate of drug-likeness (QED) is 0.919. The monoisotopic (exact) mass is 269 g/mol. The van der Waals surface area contributed by atoms with Crippen molar-refractivity contribution < 1.29 is 13.2 Å². The van der Waals surface area contributed by atoms with E-state index in [1.165, 1.54) is 12.1 Å². The van der Waals surface area contributed by atoms with Crippen molar-refractivity contribution in [3.8, 4) is 0 Å². The Morgan fingerprint density at radius 2 is 1.72 bits per heavy atom. The average molecular weight is 269 g/mol. The van der Waals surface area contributed by atoms with Crippen molar-refractivity contribution in [3.63, 3.8) is 0 Å². The van der Waals surface area contributed by atoms with Crippen molar-refractivity contribution in [2.75, 3.05) is 0 Å². The van der Waals surface area contributed by atoms with Crippen LogP contribution in [0.2, 0.25) is 0 Å². The SMILES string of the molecule is NCc1c(F)cccc1Sc1cc(F)ccc1F. The third-order valence-corrected chi connectivity index (χ3v) is 3.53. The standard InChI is InChI=1S/C13H10F3NS/c14-8-4-5-11(16)13(6-8)18-12-3-1-2-10(15)9(12)7-17/h1-6H,7,17H2. The Hall–Kier alpha value is -1.46. The van der Waals surface area contributed by atoms with Crippen LogP contribution in [0.25, 0.3) is 0 Å². The summed E-state index contributed by atoms with van der Waals surface area (Å²) in [6.45, 7) is 0.00589. The van der Waals surface area contributed by atoms with Gasteiger partial charge in [-0.3, -0.25) is 0 Å². The minimum atomic E-state index is -0.548. The molecule has 0 saturated heterocycles. The molecule has 0 aliphatic rings. The molecule has 2 N–H and O–H groups in total. The Balaban J connectivity index is 2.40. The Morgan fingerprint density at radius 1 is 0.944 bits per heavy atom. The first-order chi connectivity index (χ1) is 8.61. The molecular weight excluding hydrogens is 259 g/mol. The summed E-state index contributed by atoms with van der Waals surface area (Å²) in [6, 6.07) is 7.57. The topological polar surface area (TPSA) is 26.0 Å². The zero-order valence-corrected chi connectivity index (χ0v) is 10.1. The summed E-state index contributed by atoms with van der Waals surface area (Å²) in [7, 11) is 0. The van der Waals surface area contributed by atoms with Crippen LogP contribution in [0.1, 0.15) is 5.56 Å². The van der Waals surface area contributed by atoms with E-state index in [0.717, 1.165) is 30.0 Å². The highest BCUT2D eigenvalue weighted by Gasteiger charge is 2.11. The molecule has 0 unspecified atom stereocenters. The maximum Gasteiger partial charge on any atom is 0.137 e. The van der Waals surface area contributed by atoms with Gasteiger partial charge in [-0.15, -0.1) is 0 Å². The van der Waals surface area contributed by atoms with Gasteiger partial charge in [0.15, 0.2) is 0 Å². The predicted molar refractivity (Wildman–Crippen MR) is 64.8 cm³/mol. The molecule has 1 nitrogen and oxygen atoms in total. The molecule has 0 heterocycles. The summed E-state index contributed by atoms with van der Waals surface area (Å²) in [6.07, 6.45) is 0.